The first-order valence-electron chi connectivity index (χ1n) is 9.07. The Hall–Kier alpha value is -1.62. The van der Waals surface area contributed by atoms with Gasteiger partial charge in [0.15, 0.2) is 0 Å². The predicted octanol–water partition coefficient (Wildman–Crippen LogP) is 2.13. The van der Waals surface area contributed by atoms with E-state index in [1.807, 2.05) is 27.0 Å². The molecule has 1 aromatic rings. The Kier molecular flexibility index (Phi) is 5.09. The quantitative estimate of drug-likeness (QED) is 0.887. The van der Waals surface area contributed by atoms with E-state index in [-0.39, 0.29) is 11.9 Å². The molecule has 1 amide bonds. The van der Waals surface area contributed by atoms with Gasteiger partial charge in [0, 0.05) is 25.7 Å². The normalized spacial score (nSPS) is 29.6. The number of anilines is 1. The summed E-state index contributed by atoms with van der Waals surface area (Å²) in [6, 6.07) is 4.06. The summed E-state index contributed by atoms with van der Waals surface area (Å²) < 4.78 is 0. The first-order valence-corrected chi connectivity index (χ1v) is 9.07. The van der Waals surface area contributed by atoms with Crippen molar-refractivity contribution in [1.82, 2.24) is 10.3 Å². The third-order valence-corrected chi connectivity index (χ3v) is 5.30. The second-order valence-corrected chi connectivity index (χ2v) is 7.93. The van der Waals surface area contributed by atoms with E-state index in [2.05, 4.69) is 27.3 Å². The van der Waals surface area contributed by atoms with Crippen molar-refractivity contribution in [2.75, 3.05) is 18.0 Å². The maximum atomic E-state index is 12.0. The topological polar surface area (TPSA) is 65.5 Å². The molecule has 3 rings (SSSR count). The van der Waals surface area contributed by atoms with Crippen LogP contribution in [0.15, 0.2) is 18.3 Å². The number of aliphatic hydroxyl groups excluding tert-OH is 1. The van der Waals surface area contributed by atoms with Crippen molar-refractivity contribution in [2.24, 2.45) is 17.8 Å². The number of carbonyl (C=O) groups is 1. The Balaban J connectivity index is 1.61. The number of pyridine rings is 1. The molecule has 2 heterocycles. The van der Waals surface area contributed by atoms with Crippen LogP contribution in [0.4, 0.5) is 5.82 Å². The van der Waals surface area contributed by atoms with Gasteiger partial charge in [-0.2, -0.15) is 0 Å². The van der Waals surface area contributed by atoms with Gasteiger partial charge >= 0.3 is 0 Å². The zero-order valence-electron chi connectivity index (χ0n) is 14.9. The molecule has 0 radical (unpaired) electrons. The minimum absolute atomic E-state index is 0.0579. The van der Waals surface area contributed by atoms with Crippen molar-refractivity contribution in [3.05, 3.63) is 23.9 Å². The monoisotopic (exact) mass is 331 g/mol. The number of rotatable bonds is 4. The molecule has 2 aliphatic rings. The van der Waals surface area contributed by atoms with E-state index in [9.17, 15) is 9.90 Å². The van der Waals surface area contributed by atoms with Crippen LogP contribution in [-0.2, 0) is 4.79 Å². The van der Waals surface area contributed by atoms with E-state index in [1.165, 1.54) is 5.56 Å². The van der Waals surface area contributed by atoms with Crippen molar-refractivity contribution in [3.63, 3.8) is 0 Å². The van der Waals surface area contributed by atoms with Gasteiger partial charge in [0.25, 0.3) is 0 Å². The van der Waals surface area contributed by atoms with Crippen LogP contribution in [0, 0.1) is 24.7 Å². The van der Waals surface area contributed by atoms with Gasteiger partial charge in [0.1, 0.15) is 5.82 Å². The number of aryl methyl sites for hydroxylation is 1. The minimum atomic E-state index is -0.437. The molecule has 1 aliphatic heterocycles. The van der Waals surface area contributed by atoms with Gasteiger partial charge in [-0.3, -0.25) is 4.79 Å². The van der Waals surface area contributed by atoms with E-state index < -0.39 is 6.10 Å². The zero-order valence-corrected chi connectivity index (χ0v) is 14.9. The molecular weight excluding hydrogens is 302 g/mol. The van der Waals surface area contributed by atoms with Crippen molar-refractivity contribution in [3.8, 4) is 0 Å². The number of hydrogen-bond donors (Lipinski definition) is 2. The van der Waals surface area contributed by atoms with E-state index in [0.29, 0.717) is 24.2 Å². The number of nitrogens with zero attached hydrogens (tertiary/aromatic N) is 2. The minimum Gasteiger partial charge on any atom is -0.391 e. The number of aromatic nitrogens is 1. The maximum Gasteiger partial charge on any atom is 0.220 e. The average Bonchev–Trinajstić information content (AvgIpc) is 2.90. The molecule has 132 valence electrons. The third-order valence-electron chi connectivity index (χ3n) is 5.30. The second kappa shape index (κ2) is 7.09. The highest BCUT2D eigenvalue weighted by Crippen LogP contribution is 2.38. The van der Waals surface area contributed by atoms with Gasteiger partial charge in [0.05, 0.1) is 12.1 Å². The highest BCUT2D eigenvalue weighted by Gasteiger charge is 2.42. The Morgan fingerprint density at radius 1 is 1.33 bits per heavy atom. The fraction of sp³-hybridized carbons (Fsp3) is 0.684. The SMILES string of the molecule is Cc1ccc(N2C[C@H]3C[C@H](O)[C@@H](NC(=O)CC(C)C)C[C@H]3C2)nc1. The van der Waals surface area contributed by atoms with Gasteiger partial charge in [0.2, 0.25) is 5.91 Å². The van der Waals surface area contributed by atoms with Crippen LogP contribution in [0.1, 0.15) is 38.7 Å². The molecule has 24 heavy (non-hydrogen) atoms. The lowest BCUT2D eigenvalue weighted by atomic mass is 9.77. The lowest BCUT2D eigenvalue weighted by Gasteiger charge is -2.35. The number of amides is 1. The Morgan fingerprint density at radius 2 is 2.04 bits per heavy atom. The van der Waals surface area contributed by atoms with Crippen LogP contribution in [0.5, 0.6) is 0 Å². The molecule has 0 aromatic carbocycles. The lowest BCUT2D eigenvalue weighted by Crippen LogP contribution is -2.49. The number of hydrogen-bond acceptors (Lipinski definition) is 4. The molecule has 1 aliphatic carbocycles. The fourth-order valence-corrected chi connectivity index (χ4v) is 4.06. The van der Waals surface area contributed by atoms with Gasteiger partial charge in [-0.05, 0) is 49.1 Å². The molecule has 5 heteroatoms. The lowest BCUT2D eigenvalue weighted by molar-refractivity contribution is -0.124. The molecule has 1 saturated carbocycles. The van der Waals surface area contributed by atoms with Crippen LogP contribution in [0.25, 0.3) is 0 Å². The summed E-state index contributed by atoms with van der Waals surface area (Å²) in [4.78, 5) is 18.9. The molecule has 1 aromatic heterocycles. The molecule has 0 unspecified atom stereocenters. The van der Waals surface area contributed by atoms with E-state index in [0.717, 1.165) is 31.7 Å². The molecular formula is C19H29N3O2. The Bertz CT molecular complexity index is 572. The third kappa shape index (κ3) is 3.89. The van der Waals surface area contributed by atoms with E-state index in [1.54, 1.807) is 0 Å². The second-order valence-electron chi connectivity index (χ2n) is 7.93. The smallest absolute Gasteiger partial charge is 0.220 e. The molecule has 1 saturated heterocycles. The highest BCUT2D eigenvalue weighted by atomic mass is 16.3. The Morgan fingerprint density at radius 3 is 2.67 bits per heavy atom. The molecule has 0 spiro atoms. The summed E-state index contributed by atoms with van der Waals surface area (Å²) in [5.41, 5.74) is 1.17. The number of fused-ring (bicyclic) bond motifs is 1. The predicted molar refractivity (Wildman–Crippen MR) is 94.8 cm³/mol. The van der Waals surface area contributed by atoms with Crippen LogP contribution >= 0.6 is 0 Å². The van der Waals surface area contributed by atoms with E-state index >= 15 is 0 Å². The summed E-state index contributed by atoms with van der Waals surface area (Å²) in [6.45, 7) is 8.03. The summed E-state index contributed by atoms with van der Waals surface area (Å²) in [5, 5.41) is 13.5. The zero-order chi connectivity index (χ0) is 17.3. The van der Waals surface area contributed by atoms with Gasteiger partial charge in [-0.25, -0.2) is 4.98 Å². The standard InChI is InChI=1S/C19H29N3O2/c1-12(2)6-19(24)21-16-7-14-10-22(11-15(14)8-17(16)23)18-5-4-13(3)9-20-18/h4-5,9,12,14-17,23H,6-8,10-11H2,1-3H3,(H,21,24)/t14-,15+,16-,17-/m0/s1. The maximum absolute atomic E-state index is 12.0. The summed E-state index contributed by atoms with van der Waals surface area (Å²) in [7, 11) is 0. The highest BCUT2D eigenvalue weighted by molar-refractivity contribution is 5.76. The first-order chi connectivity index (χ1) is 11.4. The summed E-state index contributed by atoms with van der Waals surface area (Å²) in [6.07, 6.45) is 3.61. The Labute approximate surface area is 144 Å². The van der Waals surface area contributed by atoms with Crippen LogP contribution in [0.2, 0.25) is 0 Å². The molecule has 2 N–H and O–H groups in total. The number of aliphatic hydroxyl groups is 1. The van der Waals surface area contributed by atoms with Crippen molar-refractivity contribution in [2.45, 2.75) is 52.2 Å². The van der Waals surface area contributed by atoms with E-state index in [4.69, 9.17) is 0 Å². The number of nitrogens with one attached hydrogen (secondary N) is 1. The van der Waals surface area contributed by atoms with Crippen molar-refractivity contribution < 1.29 is 9.90 Å². The van der Waals surface area contributed by atoms with Crippen LogP contribution in [0.3, 0.4) is 0 Å². The van der Waals surface area contributed by atoms with Crippen molar-refractivity contribution in [1.29, 1.82) is 0 Å². The van der Waals surface area contributed by atoms with Gasteiger partial charge in [-0.15, -0.1) is 0 Å². The van der Waals surface area contributed by atoms with Crippen LogP contribution < -0.4 is 10.2 Å². The van der Waals surface area contributed by atoms with Gasteiger partial charge in [-0.1, -0.05) is 19.9 Å². The first kappa shape index (κ1) is 17.2. The number of carbonyl (C=O) groups excluding carboxylic acids is 1. The van der Waals surface area contributed by atoms with Crippen LogP contribution in [-0.4, -0.2) is 41.2 Å². The summed E-state index contributed by atoms with van der Waals surface area (Å²) in [5.74, 6) is 2.42. The fourth-order valence-electron chi connectivity index (χ4n) is 4.06. The molecule has 4 atom stereocenters. The molecule has 5 nitrogen and oxygen atoms in total. The summed E-state index contributed by atoms with van der Waals surface area (Å²) >= 11 is 0. The van der Waals surface area contributed by atoms with Gasteiger partial charge < -0.3 is 15.3 Å². The average molecular weight is 331 g/mol. The molecule has 2 fully saturated rings. The largest absolute Gasteiger partial charge is 0.391 e. The molecule has 0 bridgehead atoms. The van der Waals surface area contributed by atoms with Crippen molar-refractivity contribution >= 4 is 11.7 Å².